The third-order valence-corrected chi connectivity index (χ3v) is 1.53. The van der Waals surface area contributed by atoms with Gasteiger partial charge in [-0.2, -0.15) is 0 Å². The number of hydrogen-bond donors (Lipinski definition) is 2. The second kappa shape index (κ2) is 8.29. The Kier molecular flexibility index (Phi) is 10.4. The van der Waals surface area contributed by atoms with Gasteiger partial charge in [-0.05, 0) is 6.42 Å². The number of hydrogen-bond acceptors (Lipinski definition) is 7. The maximum atomic E-state index is 10.5. The van der Waals surface area contributed by atoms with Crippen molar-refractivity contribution in [2.24, 2.45) is 0 Å². The standard InChI is InChI=1S/C5H11O7P.Ba/c6-3-4(7)1-2-5(8)12-13(9,10)11;/h4,6-7H,1-3H2,(H2,9,10,11);/q;+2/p-2/t4-;/m0./s1. The zero-order chi connectivity index (χ0) is 10.5. The van der Waals surface area contributed by atoms with Crippen molar-refractivity contribution in [1.82, 2.24) is 0 Å². The summed E-state index contributed by atoms with van der Waals surface area (Å²) in [5.74, 6) is -1.24. The van der Waals surface area contributed by atoms with E-state index in [9.17, 15) is 19.1 Å². The molecule has 0 aromatic heterocycles. The van der Waals surface area contributed by atoms with Crippen LogP contribution in [0, 0.1) is 0 Å². The molecule has 0 aliphatic heterocycles. The van der Waals surface area contributed by atoms with Crippen LogP contribution in [0.2, 0.25) is 0 Å². The second-order valence-electron chi connectivity index (χ2n) is 2.29. The summed E-state index contributed by atoms with van der Waals surface area (Å²) in [5, 5.41) is 17.0. The van der Waals surface area contributed by atoms with Crippen molar-refractivity contribution in [3.8, 4) is 0 Å². The van der Waals surface area contributed by atoms with Gasteiger partial charge in [0.05, 0.1) is 12.7 Å². The molecule has 0 aromatic carbocycles. The molecule has 0 fully saturated rings. The van der Waals surface area contributed by atoms with Crippen molar-refractivity contribution in [2.75, 3.05) is 6.61 Å². The molecular formula is C5H9BaO7P. The van der Waals surface area contributed by atoms with Crippen LogP contribution in [0.4, 0.5) is 0 Å². The molecule has 0 radical (unpaired) electrons. The molecule has 1 atom stereocenters. The molecule has 0 saturated heterocycles. The first-order valence-corrected chi connectivity index (χ1v) is 4.84. The van der Waals surface area contributed by atoms with Crippen LogP contribution in [0.25, 0.3) is 0 Å². The van der Waals surface area contributed by atoms with Crippen LogP contribution >= 0.6 is 7.82 Å². The molecule has 0 aromatic rings. The summed E-state index contributed by atoms with van der Waals surface area (Å²) in [7, 11) is -5.28. The first kappa shape index (κ1) is 17.5. The number of carbonyl (C=O) groups excluding carboxylic acids is 1. The summed E-state index contributed by atoms with van der Waals surface area (Å²) in [6, 6.07) is 0. The van der Waals surface area contributed by atoms with Crippen LogP contribution in [0.5, 0.6) is 0 Å². The third-order valence-electron chi connectivity index (χ3n) is 1.11. The Morgan fingerprint density at radius 2 is 2.00 bits per heavy atom. The Balaban J connectivity index is 0. The molecule has 0 heterocycles. The van der Waals surface area contributed by atoms with Crippen LogP contribution in [-0.4, -0.2) is 77.8 Å². The van der Waals surface area contributed by atoms with E-state index in [-0.39, 0.29) is 55.3 Å². The third kappa shape index (κ3) is 11.2. The van der Waals surface area contributed by atoms with E-state index in [0.717, 1.165) is 0 Å². The molecule has 7 nitrogen and oxygen atoms in total. The van der Waals surface area contributed by atoms with E-state index in [1.807, 2.05) is 0 Å². The van der Waals surface area contributed by atoms with E-state index in [2.05, 4.69) is 4.52 Å². The Bertz CT molecular complexity index is 214. The minimum atomic E-state index is -5.28. The summed E-state index contributed by atoms with van der Waals surface area (Å²) < 4.78 is 13.3. The first-order chi connectivity index (χ1) is 5.85. The molecule has 0 unspecified atom stereocenters. The van der Waals surface area contributed by atoms with Crippen LogP contribution < -0.4 is 9.79 Å². The van der Waals surface area contributed by atoms with Gasteiger partial charge in [0, 0.05) is 6.42 Å². The van der Waals surface area contributed by atoms with E-state index in [4.69, 9.17) is 10.2 Å². The molecule has 0 spiro atoms. The number of carbonyl (C=O) groups is 1. The molecule has 14 heavy (non-hydrogen) atoms. The molecule has 0 bridgehead atoms. The predicted molar refractivity (Wildman–Crippen MR) is 41.8 cm³/mol. The van der Waals surface area contributed by atoms with Gasteiger partial charge in [-0.1, -0.05) is 0 Å². The summed E-state index contributed by atoms with van der Waals surface area (Å²) >= 11 is 0. The van der Waals surface area contributed by atoms with Gasteiger partial charge >= 0.3 is 54.9 Å². The number of aliphatic hydroxyl groups excluding tert-OH is 2. The van der Waals surface area contributed by atoms with Gasteiger partial charge in [-0.15, -0.1) is 0 Å². The summed E-state index contributed by atoms with van der Waals surface area (Å²) in [6.45, 7) is -0.542. The zero-order valence-electron chi connectivity index (χ0n) is 7.29. The fourth-order valence-electron chi connectivity index (χ4n) is 0.546. The zero-order valence-corrected chi connectivity index (χ0v) is 12.6. The topological polar surface area (TPSA) is 130 Å². The Labute approximate surface area is 121 Å². The van der Waals surface area contributed by atoms with Gasteiger partial charge in [0.1, 0.15) is 7.82 Å². The largest absolute Gasteiger partial charge is 2.00 e. The fraction of sp³-hybridized carbons (Fsp3) is 0.800. The summed E-state index contributed by atoms with van der Waals surface area (Å²) in [6.07, 6.45) is -1.71. The molecule has 2 N–H and O–H groups in total. The maximum Gasteiger partial charge on any atom is 2.00 e. The number of phosphoric ester groups is 1. The molecule has 0 amide bonds. The van der Waals surface area contributed by atoms with E-state index in [0.29, 0.717) is 0 Å². The SMILES string of the molecule is O=C(CC[C@H](O)CO)OP(=O)([O-])[O-].[Ba+2]. The van der Waals surface area contributed by atoms with Gasteiger partial charge in [0.15, 0.2) is 0 Å². The van der Waals surface area contributed by atoms with E-state index in [1.54, 1.807) is 0 Å². The normalized spacial score (nSPS) is 12.9. The van der Waals surface area contributed by atoms with Gasteiger partial charge in [0.2, 0.25) is 0 Å². The van der Waals surface area contributed by atoms with E-state index < -0.39 is 32.9 Å². The number of phosphoric acid groups is 1. The van der Waals surface area contributed by atoms with Crippen molar-refractivity contribution in [1.29, 1.82) is 0 Å². The first-order valence-electron chi connectivity index (χ1n) is 3.38. The van der Waals surface area contributed by atoms with Crippen molar-refractivity contribution < 1.29 is 33.9 Å². The fourth-order valence-corrected chi connectivity index (χ4v) is 0.887. The molecule has 0 saturated carbocycles. The van der Waals surface area contributed by atoms with Crippen molar-refractivity contribution in [3.05, 3.63) is 0 Å². The van der Waals surface area contributed by atoms with E-state index >= 15 is 0 Å². The monoisotopic (exact) mass is 350 g/mol. The minimum Gasteiger partial charge on any atom is -0.780 e. The molecule has 0 aliphatic carbocycles. The quantitative estimate of drug-likeness (QED) is 0.402. The predicted octanol–water partition coefficient (Wildman–Crippen LogP) is -2.89. The molecule has 0 rings (SSSR count). The number of rotatable bonds is 5. The average molecular weight is 349 g/mol. The van der Waals surface area contributed by atoms with Crippen LogP contribution in [-0.2, 0) is 13.9 Å². The van der Waals surface area contributed by atoms with Crippen molar-refractivity contribution >= 4 is 62.7 Å². The van der Waals surface area contributed by atoms with Crippen LogP contribution in [0.1, 0.15) is 12.8 Å². The summed E-state index contributed by atoms with van der Waals surface area (Å²) in [4.78, 5) is 30.2. The summed E-state index contributed by atoms with van der Waals surface area (Å²) in [5.41, 5.74) is 0. The van der Waals surface area contributed by atoms with Gasteiger partial charge in [-0.25, -0.2) is 0 Å². The smallest absolute Gasteiger partial charge is 0.780 e. The second-order valence-corrected chi connectivity index (χ2v) is 3.36. The van der Waals surface area contributed by atoms with Crippen molar-refractivity contribution in [2.45, 2.75) is 18.9 Å². The Hall–Kier alpha value is 1.11. The average Bonchev–Trinajstić information content (AvgIpc) is 1.97. The van der Waals surface area contributed by atoms with Gasteiger partial charge < -0.3 is 29.1 Å². The van der Waals surface area contributed by atoms with Gasteiger partial charge in [-0.3, -0.25) is 4.79 Å². The van der Waals surface area contributed by atoms with Gasteiger partial charge in [0.25, 0.3) is 0 Å². The van der Waals surface area contributed by atoms with E-state index in [1.165, 1.54) is 0 Å². The molecule has 9 heteroatoms. The van der Waals surface area contributed by atoms with Crippen LogP contribution in [0.15, 0.2) is 0 Å². The Morgan fingerprint density at radius 1 is 1.50 bits per heavy atom. The van der Waals surface area contributed by atoms with Crippen molar-refractivity contribution in [3.63, 3.8) is 0 Å². The number of aliphatic hydroxyl groups is 2. The Morgan fingerprint density at radius 3 is 2.36 bits per heavy atom. The molecule has 0 aliphatic rings. The molecular weight excluding hydrogens is 340 g/mol. The molecule has 78 valence electrons. The minimum absolute atomic E-state index is 0. The van der Waals surface area contributed by atoms with Crippen LogP contribution in [0.3, 0.4) is 0 Å². The maximum absolute atomic E-state index is 10.5.